The smallest absolute Gasteiger partial charge is 0.270 e. The standard InChI is InChI=1S/C21H16N4O3/c22-19(26)15-10-9-12(11-16(15)20(23)27)21(28)24-25-17-7-3-1-5-13(17)14-6-2-4-8-18(14)25/h1-11H,(H2,22,26)(H2,23,27)(H,24,28). The predicted octanol–water partition coefficient (Wildman–Crippen LogP) is 2.38. The highest BCUT2D eigenvalue weighted by Crippen LogP contribution is 2.27. The first-order valence-electron chi connectivity index (χ1n) is 8.50. The monoisotopic (exact) mass is 372 g/mol. The fourth-order valence-electron chi connectivity index (χ4n) is 3.31. The maximum Gasteiger partial charge on any atom is 0.270 e. The fourth-order valence-corrected chi connectivity index (χ4v) is 3.31. The first-order valence-corrected chi connectivity index (χ1v) is 8.50. The molecule has 7 heteroatoms. The van der Waals surface area contributed by atoms with E-state index >= 15 is 0 Å². The number of nitrogens with zero attached hydrogens (tertiary/aromatic N) is 1. The van der Waals surface area contributed by atoms with Gasteiger partial charge in [-0.3, -0.25) is 24.5 Å². The third-order valence-electron chi connectivity index (χ3n) is 4.61. The van der Waals surface area contributed by atoms with Gasteiger partial charge in [0.05, 0.1) is 22.2 Å². The normalized spacial score (nSPS) is 10.9. The molecule has 3 amide bonds. The number of para-hydroxylation sites is 2. The molecule has 1 heterocycles. The average molecular weight is 372 g/mol. The van der Waals surface area contributed by atoms with Crippen LogP contribution in [0.1, 0.15) is 31.1 Å². The maximum absolute atomic E-state index is 12.9. The highest BCUT2D eigenvalue weighted by Gasteiger charge is 2.18. The van der Waals surface area contributed by atoms with E-state index in [1.165, 1.54) is 18.2 Å². The number of aromatic nitrogens is 1. The van der Waals surface area contributed by atoms with E-state index in [1.807, 2.05) is 48.5 Å². The van der Waals surface area contributed by atoms with E-state index in [0.29, 0.717) is 0 Å². The number of nitrogens with one attached hydrogen (secondary N) is 1. The quantitative estimate of drug-likeness (QED) is 0.510. The summed E-state index contributed by atoms with van der Waals surface area (Å²) in [6, 6.07) is 19.4. The summed E-state index contributed by atoms with van der Waals surface area (Å²) in [6.07, 6.45) is 0. The van der Waals surface area contributed by atoms with Crippen molar-refractivity contribution in [3.8, 4) is 0 Å². The predicted molar refractivity (Wildman–Crippen MR) is 107 cm³/mol. The Balaban J connectivity index is 1.80. The number of benzene rings is 3. The molecular weight excluding hydrogens is 356 g/mol. The van der Waals surface area contributed by atoms with Gasteiger partial charge in [0, 0.05) is 16.3 Å². The summed E-state index contributed by atoms with van der Waals surface area (Å²) in [6.45, 7) is 0. The molecular formula is C21H16N4O3. The number of carbonyl (C=O) groups is 3. The van der Waals surface area contributed by atoms with Crippen molar-refractivity contribution >= 4 is 39.5 Å². The lowest BCUT2D eigenvalue weighted by Crippen LogP contribution is -2.25. The zero-order valence-corrected chi connectivity index (χ0v) is 14.7. The van der Waals surface area contributed by atoms with Gasteiger partial charge in [0.25, 0.3) is 5.91 Å². The van der Waals surface area contributed by atoms with Crippen molar-refractivity contribution in [1.82, 2.24) is 4.68 Å². The second-order valence-corrected chi connectivity index (χ2v) is 6.30. The number of hydrogen-bond acceptors (Lipinski definition) is 3. The Morgan fingerprint density at radius 1 is 0.714 bits per heavy atom. The van der Waals surface area contributed by atoms with Gasteiger partial charge in [-0.1, -0.05) is 36.4 Å². The fraction of sp³-hybridized carbons (Fsp3) is 0. The van der Waals surface area contributed by atoms with Crippen molar-refractivity contribution in [2.75, 3.05) is 5.43 Å². The molecule has 0 radical (unpaired) electrons. The summed E-state index contributed by atoms with van der Waals surface area (Å²) >= 11 is 0. The molecule has 0 aliphatic heterocycles. The summed E-state index contributed by atoms with van der Waals surface area (Å²) in [5.74, 6) is -2.08. The van der Waals surface area contributed by atoms with Crippen LogP contribution in [-0.2, 0) is 0 Å². The lowest BCUT2D eigenvalue weighted by Gasteiger charge is -2.11. The van der Waals surface area contributed by atoms with Crippen LogP contribution in [0.3, 0.4) is 0 Å². The van der Waals surface area contributed by atoms with E-state index < -0.39 is 17.7 Å². The molecule has 0 saturated heterocycles. The molecule has 3 aromatic carbocycles. The number of nitrogens with two attached hydrogens (primary N) is 2. The van der Waals surface area contributed by atoms with Gasteiger partial charge < -0.3 is 11.5 Å². The summed E-state index contributed by atoms with van der Waals surface area (Å²) < 4.78 is 1.69. The maximum atomic E-state index is 12.9. The molecule has 0 saturated carbocycles. The van der Waals surface area contributed by atoms with Gasteiger partial charge in [0.2, 0.25) is 11.8 Å². The second kappa shape index (κ2) is 6.55. The Kier molecular flexibility index (Phi) is 4.04. The minimum atomic E-state index is -0.833. The zero-order chi connectivity index (χ0) is 19.8. The van der Waals surface area contributed by atoms with E-state index in [0.717, 1.165) is 21.8 Å². The van der Waals surface area contributed by atoms with Crippen molar-refractivity contribution < 1.29 is 14.4 Å². The molecule has 0 unspecified atom stereocenters. The van der Waals surface area contributed by atoms with Crippen LogP contribution in [0.5, 0.6) is 0 Å². The van der Waals surface area contributed by atoms with Crippen LogP contribution in [0.15, 0.2) is 66.7 Å². The van der Waals surface area contributed by atoms with Crippen LogP contribution in [-0.4, -0.2) is 22.4 Å². The summed E-state index contributed by atoms with van der Waals surface area (Å²) in [5, 5.41) is 2.00. The van der Waals surface area contributed by atoms with Gasteiger partial charge in [-0.2, -0.15) is 0 Å². The molecule has 0 aliphatic carbocycles. The Morgan fingerprint density at radius 2 is 1.25 bits per heavy atom. The van der Waals surface area contributed by atoms with Gasteiger partial charge in [0.1, 0.15) is 0 Å². The lowest BCUT2D eigenvalue weighted by atomic mass is 10.0. The first kappa shape index (κ1) is 17.3. The highest BCUT2D eigenvalue weighted by atomic mass is 16.2. The third kappa shape index (κ3) is 2.75. The summed E-state index contributed by atoms with van der Waals surface area (Å²) in [7, 11) is 0. The summed E-state index contributed by atoms with van der Waals surface area (Å²) in [4.78, 5) is 36.0. The van der Waals surface area contributed by atoms with Crippen LogP contribution in [0.4, 0.5) is 0 Å². The molecule has 4 rings (SSSR count). The number of fused-ring (bicyclic) bond motifs is 3. The zero-order valence-electron chi connectivity index (χ0n) is 14.7. The molecule has 5 N–H and O–H groups in total. The molecule has 1 aromatic heterocycles. The van der Waals surface area contributed by atoms with Crippen LogP contribution in [0, 0.1) is 0 Å². The molecule has 0 aliphatic rings. The summed E-state index contributed by atoms with van der Waals surface area (Å²) in [5.41, 5.74) is 15.2. The second-order valence-electron chi connectivity index (χ2n) is 6.30. The van der Waals surface area contributed by atoms with E-state index in [2.05, 4.69) is 5.43 Å². The Labute approximate surface area is 159 Å². The first-order chi connectivity index (χ1) is 13.5. The molecule has 0 bridgehead atoms. The van der Waals surface area contributed by atoms with E-state index in [4.69, 9.17) is 11.5 Å². The van der Waals surface area contributed by atoms with Crippen molar-refractivity contribution in [1.29, 1.82) is 0 Å². The van der Waals surface area contributed by atoms with E-state index in [9.17, 15) is 14.4 Å². The van der Waals surface area contributed by atoms with Crippen LogP contribution < -0.4 is 16.9 Å². The van der Waals surface area contributed by atoms with Gasteiger partial charge in [-0.15, -0.1) is 0 Å². The molecule has 7 nitrogen and oxygen atoms in total. The Hall–Kier alpha value is -4.13. The lowest BCUT2D eigenvalue weighted by molar-refractivity contribution is 0.0966. The van der Waals surface area contributed by atoms with Crippen molar-refractivity contribution in [2.45, 2.75) is 0 Å². The van der Waals surface area contributed by atoms with Crippen molar-refractivity contribution in [2.24, 2.45) is 11.5 Å². The molecule has 138 valence electrons. The van der Waals surface area contributed by atoms with Crippen molar-refractivity contribution in [3.05, 3.63) is 83.4 Å². The van der Waals surface area contributed by atoms with Gasteiger partial charge in [-0.25, -0.2) is 0 Å². The van der Waals surface area contributed by atoms with Crippen LogP contribution >= 0.6 is 0 Å². The SMILES string of the molecule is NC(=O)c1ccc(C(=O)Nn2c3ccccc3c3ccccc32)cc1C(N)=O. The Morgan fingerprint density at radius 3 is 1.79 bits per heavy atom. The van der Waals surface area contributed by atoms with Gasteiger partial charge in [0.15, 0.2) is 0 Å². The van der Waals surface area contributed by atoms with E-state index in [-0.39, 0.29) is 16.7 Å². The van der Waals surface area contributed by atoms with Gasteiger partial charge in [-0.05, 0) is 30.3 Å². The minimum absolute atomic E-state index is 0.0269. The molecule has 0 spiro atoms. The number of hydrogen-bond donors (Lipinski definition) is 3. The largest absolute Gasteiger partial charge is 0.366 e. The number of amides is 3. The topological polar surface area (TPSA) is 120 Å². The van der Waals surface area contributed by atoms with E-state index in [1.54, 1.807) is 4.68 Å². The van der Waals surface area contributed by atoms with Crippen molar-refractivity contribution in [3.63, 3.8) is 0 Å². The Bertz CT molecular complexity index is 1220. The minimum Gasteiger partial charge on any atom is -0.366 e. The number of carbonyl (C=O) groups excluding carboxylic acids is 3. The molecule has 28 heavy (non-hydrogen) atoms. The third-order valence-corrected chi connectivity index (χ3v) is 4.61. The molecule has 4 aromatic rings. The highest BCUT2D eigenvalue weighted by molar-refractivity contribution is 6.12. The van der Waals surface area contributed by atoms with Crippen LogP contribution in [0.25, 0.3) is 21.8 Å². The molecule has 0 atom stereocenters. The number of rotatable bonds is 4. The average Bonchev–Trinajstić information content (AvgIpc) is 3.01. The number of primary amides is 2. The van der Waals surface area contributed by atoms with Crippen LogP contribution in [0.2, 0.25) is 0 Å². The molecule has 0 fully saturated rings. The van der Waals surface area contributed by atoms with Gasteiger partial charge >= 0.3 is 0 Å².